The van der Waals surface area contributed by atoms with Gasteiger partial charge in [-0.3, -0.25) is 9.78 Å². The zero-order chi connectivity index (χ0) is 9.42. The molecule has 68 valence electrons. The first-order valence-corrected chi connectivity index (χ1v) is 4.03. The lowest BCUT2D eigenvalue weighted by Crippen LogP contribution is -2.01. The molecule has 0 saturated heterocycles. The van der Waals surface area contributed by atoms with Crippen molar-refractivity contribution in [3.8, 4) is 0 Å². The minimum atomic E-state index is -0.866. The van der Waals surface area contributed by atoms with Crippen molar-refractivity contribution < 1.29 is 14.3 Å². The van der Waals surface area contributed by atoms with Crippen molar-refractivity contribution >= 4 is 5.97 Å². The van der Waals surface area contributed by atoms with E-state index in [2.05, 4.69) is 4.98 Å². The normalized spacial score (nSPS) is 25.6. The second-order valence-electron chi connectivity index (χ2n) is 3.16. The number of aromatic nitrogens is 1. The van der Waals surface area contributed by atoms with Gasteiger partial charge in [-0.1, -0.05) is 0 Å². The number of halogens is 1. The Balaban J connectivity index is 2.21. The van der Waals surface area contributed by atoms with E-state index < -0.39 is 17.7 Å². The number of hydrogen-bond donors (Lipinski definition) is 1. The molecule has 1 heterocycles. The molecule has 0 spiro atoms. The van der Waals surface area contributed by atoms with Crippen LogP contribution in [0.2, 0.25) is 0 Å². The fourth-order valence-electron chi connectivity index (χ4n) is 1.44. The predicted octanol–water partition coefficient (Wildman–Crippen LogP) is 1.41. The van der Waals surface area contributed by atoms with Crippen molar-refractivity contribution in [2.24, 2.45) is 5.92 Å². The third-order valence-electron chi connectivity index (χ3n) is 2.25. The Morgan fingerprint density at radius 2 is 2.46 bits per heavy atom. The first-order valence-electron chi connectivity index (χ1n) is 4.03. The summed E-state index contributed by atoms with van der Waals surface area (Å²) in [6, 6.07) is 2.80. The van der Waals surface area contributed by atoms with Crippen molar-refractivity contribution in [3.05, 3.63) is 29.8 Å². The molecule has 1 aromatic heterocycles. The van der Waals surface area contributed by atoms with Gasteiger partial charge in [0.2, 0.25) is 0 Å². The summed E-state index contributed by atoms with van der Waals surface area (Å²) in [6.45, 7) is 0. The number of aliphatic carboxylic acids is 1. The minimum absolute atomic E-state index is 0.223. The fraction of sp³-hybridized carbons (Fsp3) is 0.333. The number of pyridine rings is 1. The molecule has 0 unspecified atom stereocenters. The van der Waals surface area contributed by atoms with Crippen LogP contribution < -0.4 is 0 Å². The van der Waals surface area contributed by atoms with Gasteiger partial charge in [0.15, 0.2) is 0 Å². The van der Waals surface area contributed by atoms with Gasteiger partial charge in [-0.05, 0) is 18.6 Å². The Labute approximate surface area is 74.2 Å². The zero-order valence-corrected chi connectivity index (χ0v) is 6.77. The number of carboxylic acids is 1. The summed E-state index contributed by atoms with van der Waals surface area (Å²) in [5.41, 5.74) is 0.287. The molecule has 4 heteroatoms. The Bertz CT molecular complexity index is 353. The Hall–Kier alpha value is -1.45. The number of hydrogen-bond acceptors (Lipinski definition) is 2. The molecule has 0 aliphatic heterocycles. The van der Waals surface area contributed by atoms with Crippen molar-refractivity contribution in [2.45, 2.75) is 12.3 Å². The van der Waals surface area contributed by atoms with E-state index in [0.29, 0.717) is 6.42 Å². The third-order valence-corrected chi connectivity index (χ3v) is 2.25. The highest BCUT2D eigenvalue weighted by atomic mass is 19.1. The zero-order valence-electron chi connectivity index (χ0n) is 6.77. The lowest BCUT2D eigenvalue weighted by molar-refractivity contribution is -0.138. The van der Waals surface area contributed by atoms with Crippen molar-refractivity contribution in [1.29, 1.82) is 0 Å². The molecule has 1 aliphatic carbocycles. The maximum absolute atomic E-state index is 13.1. The fourth-order valence-corrected chi connectivity index (χ4v) is 1.44. The molecule has 2 rings (SSSR count). The summed E-state index contributed by atoms with van der Waals surface area (Å²) >= 11 is 0. The largest absolute Gasteiger partial charge is 0.481 e. The van der Waals surface area contributed by atoms with Crippen LogP contribution in [0.1, 0.15) is 18.0 Å². The van der Waals surface area contributed by atoms with Gasteiger partial charge >= 0.3 is 5.97 Å². The van der Waals surface area contributed by atoms with Crippen LogP contribution in [0.4, 0.5) is 4.39 Å². The summed E-state index contributed by atoms with van der Waals surface area (Å²) in [7, 11) is 0. The van der Waals surface area contributed by atoms with Crippen LogP contribution in [0.5, 0.6) is 0 Å². The monoisotopic (exact) mass is 181 g/mol. The van der Waals surface area contributed by atoms with Crippen LogP contribution in [-0.4, -0.2) is 16.1 Å². The summed E-state index contributed by atoms with van der Waals surface area (Å²) in [6.07, 6.45) is 1.99. The van der Waals surface area contributed by atoms with Crippen molar-refractivity contribution in [1.82, 2.24) is 4.98 Å². The molecule has 2 atom stereocenters. The third kappa shape index (κ3) is 1.39. The Morgan fingerprint density at radius 1 is 1.69 bits per heavy atom. The number of carbonyl (C=O) groups is 1. The molecule has 0 amide bonds. The highest BCUT2D eigenvalue weighted by Crippen LogP contribution is 2.47. The molecule has 1 aromatic rings. The van der Waals surface area contributed by atoms with E-state index in [0.717, 1.165) is 0 Å². The van der Waals surface area contributed by atoms with E-state index in [-0.39, 0.29) is 11.6 Å². The topological polar surface area (TPSA) is 50.2 Å². The second kappa shape index (κ2) is 2.80. The molecule has 0 bridgehead atoms. The summed E-state index contributed by atoms with van der Waals surface area (Å²) < 4.78 is 13.1. The highest BCUT2D eigenvalue weighted by molar-refractivity contribution is 5.75. The molecule has 1 N–H and O–H groups in total. The van der Waals surface area contributed by atoms with Gasteiger partial charge < -0.3 is 5.11 Å². The van der Waals surface area contributed by atoms with E-state index >= 15 is 0 Å². The van der Waals surface area contributed by atoms with E-state index in [1.54, 1.807) is 0 Å². The van der Waals surface area contributed by atoms with Crippen molar-refractivity contribution in [3.63, 3.8) is 0 Å². The average molecular weight is 181 g/mol. The molecular formula is C9H8FNO2. The van der Waals surface area contributed by atoms with Crippen LogP contribution in [-0.2, 0) is 4.79 Å². The van der Waals surface area contributed by atoms with Crippen LogP contribution in [0.25, 0.3) is 0 Å². The molecule has 1 fully saturated rings. The second-order valence-corrected chi connectivity index (χ2v) is 3.16. The smallest absolute Gasteiger partial charge is 0.307 e. The minimum Gasteiger partial charge on any atom is -0.481 e. The maximum atomic E-state index is 13.1. The molecule has 1 aliphatic rings. The summed E-state index contributed by atoms with van der Waals surface area (Å²) in [5, 5.41) is 8.63. The highest BCUT2D eigenvalue weighted by Gasteiger charge is 2.46. The van der Waals surface area contributed by atoms with E-state index in [1.807, 2.05) is 0 Å². The summed E-state index contributed by atoms with van der Waals surface area (Å²) in [4.78, 5) is 14.3. The van der Waals surface area contributed by atoms with Crippen LogP contribution >= 0.6 is 0 Å². The van der Waals surface area contributed by atoms with Crippen molar-refractivity contribution in [2.75, 3.05) is 0 Å². The Kier molecular flexibility index (Phi) is 1.76. The van der Waals surface area contributed by atoms with Gasteiger partial charge in [-0.2, -0.15) is 0 Å². The average Bonchev–Trinajstić information content (AvgIpc) is 2.84. The molecule has 0 radical (unpaired) electrons. The Morgan fingerprint density at radius 3 is 3.00 bits per heavy atom. The predicted molar refractivity (Wildman–Crippen MR) is 42.7 cm³/mol. The van der Waals surface area contributed by atoms with E-state index in [4.69, 9.17) is 5.11 Å². The van der Waals surface area contributed by atoms with Crippen LogP contribution in [0.15, 0.2) is 18.3 Å². The number of nitrogens with zero attached hydrogens (tertiary/aromatic N) is 1. The van der Waals surface area contributed by atoms with Gasteiger partial charge in [0.1, 0.15) is 5.82 Å². The van der Waals surface area contributed by atoms with Gasteiger partial charge in [0.25, 0.3) is 0 Å². The lowest BCUT2D eigenvalue weighted by Gasteiger charge is -1.97. The van der Waals surface area contributed by atoms with Gasteiger partial charge in [-0.15, -0.1) is 0 Å². The van der Waals surface area contributed by atoms with E-state index in [1.165, 1.54) is 18.3 Å². The number of rotatable bonds is 2. The molecule has 0 aromatic carbocycles. The van der Waals surface area contributed by atoms with Gasteiger partial charge in [-0.25, -0.2) is 4.39 Å². The van der Waals surface area contributed by atoms with Gasteiger partial charge in [0.05, 0.1) is 11.6 Å². The lowest BCUT2D eigenvalue weighted by atomic mass is 10.2. The first kappa shape index (κ1) is 8.16. The van der Waals surface area contributed by atoms with E-state index in [9.17, 15) is 9.18 Å². The SMILES string of the molecule is O=C(O)[C@@H]1C[C@H]1c1ncccc1F. The molecule has 3 nitrogen and oxygen atoms in total. The first-order chi connectivity index (χ1) is 6.20. The number of carboxylic acid groups (broad SMARTS) is 1. The van der Waals surface area contributed by atoms with Gasteiger partial charge in [0, 0.05) is 12.1 Å². The quantitative estimate of drug-likeness (QED) is 0.750. The summed E-state index contributed by atoms with van der Waals surface area (Å²) in [5.74, 6) is -1.94. The molecule has 13 heavy (non-hydrogen) atoms. The maximum Gasteiger partial charge on any atom is 0.307 e. The molecule has 1 saturated carbocycles. The van der Waals surface area contributed by atoms with Crippen LogP contribution in [0, 0.1) is 11.7 Å². The van der Waals surface area contributed by atoms with Crippen LogP contribution in [0.3, 0.4) is 0 Å². The standard InChI is InChI=1S/C9H8FNO2/c10-7-2-1-3-11-8(7)5-4-6(5)9(12)13/h1-3,5-6H,4H2,(H,12,13)/t5-,6-/m1/s1. The molecular weight excluding hydrogens is 173 g/mol.